The lowest BCUT2D eigenvalue weighted by Crippen LogP contribution is -2.21. The molecule has 0 radical (unpaired) electrons. The molecule has 0 saturated heterocycles. The summed E-state index contributed by atoms with van der Waals surface area (Å²) in [5, 5.41) is 0. The summed E-state index contributed by atoms with van der Waals surface area (Å²) in [6.07, 6.45) is 30.5. The van der Waals surface area contributed by atoms with Gasteiger partial charge in [-0.25, -0.2) is 0 Å². The van der Waals surface area contributed by atoms with E-state index in [1.165, 1.54) is 84.8 Å². The highest BCUT2D eigenvalue weighted by atomic mass is 14.3. The third-order valence-corrected chi connectivity index (χ3v) is 8.69. The summed E-state index contributed by atoms with van der Waals surface area (Å²) < 4.78 is 0. The molecule has 0 nitrogen and oxygen atoms in total. The molecule has 33 heavy (non-hydrogen) atoms. The van der Waals surface area contributed by atoms with Gasteiger partial charge in [-0.15, -0.1) is 0 Å². The second-order valence-electron chi connectivity index (χ2n) is 10.8. The first-order valence-electron chi connectivity index (χ1n) is 13.5. The Bertz CT molecular complexity index is 1010. The van der Waals surface area contributed by atoms with E-state index in [4.69, 9.17) is 0 Å². The zero-order valence-corrected chi connectivity index (χ0v) is 20.6. The summed E-state index contributed by atoms with van der Waals surface area (Å²) in [7, 11) is 0. The molecule has 0 N–H and O–H groups in total. The van der Waals surface area contributed by atoms with Crippen LogP contribution in [0.5, 0.6) is 0 Å². The lowest BCUT2D eigenvalue weighted by atomic mass is 9.74. The van der Waals surface area contributed by atoms with Gasteiger partial charge in [-0.2, -0.15) is 0 Å². The van der Waals surface area contributed by atoms with Gasteiger partial charge in [-0.3, -0.25) is 0 Å². The summed E-state index contributed by atoms with van der Waals surface area (Å²) >= 11 is 0. The average Bonchev–Trinajstić information content (AvgIpc) is 3.36. The number of allylic oxidation sites excluding steroid dienone is 12. The van der Waals surface area contributed by atoms with Gasteiger partial charge in [-0.05, 0) is 103 Å². The van der Waals surface area contributed by atoms with Crippen molar-refractivity contribution < 1.29 is 0 Å². The summed E-state index contributed by atoms with van der Waals surface area (Å²) in [6.45, 7) is 4.80. The molecule has 4 aliphatic carbocycles. The lowest BCUT2D eigenvalue weighted by Gasteiger charge is -2.32. The molecule has 0 amide bonds. The van der Waals surface area contributed by atoms with Crippen molar-refractivity contribution in [2.45, 2.75) is 71.6 Å². The van der Waals surface area contributed by atoms with Crippen LogP contribution in [0.4, 0.5) is 0 Å². The number of hydrogen-bond donors (Lipinski definition) is 0. The summed E-state index contributed by atoms with van der Waals surface area (Å²) in [5.74, 6) is 3.20. The van der Waals surface area contributed by atoms with Crippen molar-refractivity contribution in [2.24, 2.45) is 23.7 Å². The van der Waals surface area contributed by atoms with E-state index in [2.05, 4.69) is 86.7 Å². The molecule has 0 spiro atoms. The molecule has 0 aromatic heterocycles. The van der Waals surface area contributed by atoms with Gasteiger partial charge in [-0.1, -0.05) is 93.1 Å². The Morgan fingerprint density at radius 3 is 2.39 bits per heavy atom. The molecule has 0 bridgehead atoms. The third kappa shape index (κ3) is 5.11. The Hall–Kier alpha value is -2.34. The standard InChI is InChI=1S/C33H40/c1-3-24(2)28-18-16-26(17-19-28)22-25-12-14-27(15-13-25)23-30-20-21-32(29-8-5-4-6-9-29)33-11-7-10-31(30)33/h5,7-15,20-21,24,26,28,33H,3-4,6,16-19,22-23H2,1-2H3. The number of rotatable bonds is 7. The molecule has 2 atom stereocenters. The molecular weight excluding hydrogens is 396 g/mol. The minimum absolute atomic E-state index is 0.434. The maximum atomic E-state index is 2.45. The first-order chi connectivity index (χ1) is 16.2. The van der Waals surface area contributed by atoms with E-state index in [0.717, 1.165) is 24.2 Å². The van der Waals surface area contributed by atoms with Crippen LogP contribution in [0.15, 0.2) is 95.2 Å². The largest absolute Gasteiger partial charge is 0.0836 e. The van der Waals surface area contributed by atoms with Crippen molar-refractivity contribution in [1.82, 2.24) is 0 Å². The molecule has 1 aromatic rings. The smallest absolute Gasteiger partial charge is 0.0281 e. The van der Waals surface area contributed by atoms with Crippen LogP contribution in [-0.4, -0.2) is 0 Å². The van der Waals surface area contributed by atoms with Crippen LogP contribution in [0.1, 0.15) is 69.9 Å². The van der Waals surface area contributed by atoms with E-state index < -0.39 is 0 Å². The van der Waals surface area contributed by atoms with Gasteiger partial charge in [0.2, 0.25) is 0 Å². The number of fused-ring (bicyclic) bond motifs is 1. The summed E-state index contributed by atoms with van der Waals surface area (Å²) in [5.41, 5.74) is 8.82. The minimum atomic E-state index is 0.434. The van der Waals surface area contributed by atoms with Gasteiger partial charge in [0.1, 0.15) is 0 Å². The Kier molecular flexibility index (Phi) is 7.00. The maximum Gasteiger partial charge on any atom is 0.0281 e. The Balaban J connectivity index is 1.21. The first-order valence-corrected chi connectivity index (χ1v) is 13.5. The van der Waals surface area contributed by atoms with E-state index in [1.807, 2.05) is 0 Å². The third-order valence-electron chi connectivity index (χ3n) is 8.69. The van der Waals surface area contributed by atoms with Crippen LogP contribution in [0.3, 0.4) is 0 Å². The molecule has 172 valence electrons. The Morgan fingerprint density at radius 2 is 1.67 bits per heavy atom. The van der Waals surface area contributed by atoms with Gasteiger partial charge < -0.3 is 0 Å². The van der Waals surface area contributed by atoms with Crippen molar-refractivity contribution >= 4 is 0 Å². The van der Waals surface area contributed by atoms with Crippen LogP contribution >= 0.6 is 0 Å². The second kappa shape index (κ2) is 10.3. The van der Waals surface area contributed by atoms with Gasteiger partial charge in [0.15, 0.2) is 0 Å². The van der Waals surface area contributed by atoms with Crippen molar-refractivity contribution in [3.63, 3.8) is 0 Å². The monoisotopic (exact) mass is 436 g/mol. The highest BCUT2D eigenvalue weighted by Crippen LogP contribution is 2.41. The summed E-state index contributed by atoms with van der Waals surface area (Å²) in [4.78, 5) is 0. The zero-order valence-electron chi connectivity index (χ0n) is 20.6. The fourth-order valence-corrected chi connectivity index (χ4v) is 6.35. The van der Waals surface area contributed by atoms with Crippen LogP contribution in [-0.2, 0) is 12.8 Å². The van der Waals surface area contributed by atoms with Crippen molar-refractivity contribution in [1.29, 1.82) is 0 Å². The topological polar surface area (TPSA) is 0 Å². The molecule has 1 aromatic carbocycles. The molecule has 5 rings (SSSR count). The van der Waals surface area contributed by atoms with E-state index in [0.29, 0.717) is 5.92 Å². The fraction of sp³-hybridized carbons (Fsp3) is 0.455. The molecule has 0 heterocycles. The Morgan fingerprint density at radius 1 is 0.879 bits per heavy atom. The van der Waals surface area contributed by atoms with Gasteiger partial charge in [0.25, 0.3) is 0 Å². The molecule has 4 aliphatic rings. The quantitative estimate of drug-likeness (QED) is 0.400. The van der Waals surface area contributed by atoms with Crippen molar-refractivity contribution in [2.75, 3.05) is 0 Å². The molecule has 1 saturated carbocycles. The number of hydrogen-bond acceptors (Lipinski definition) is 0. The predicted octanol–water partition coefficient (Wildman–Crippen LogP) is 8.88. The predicted molar refractivity (Wildman–Crippen MR) is 142 cm³/mol. The molecule has 0 aliphatic heterocycles. The first kappa shape index (κ1) is 22.5. The molecule has 2 unspecified atom stereocenters. The molecular formula is C33H40. The van der Waals surface area contributed by atoms with Gasteiger partial charge >= 0.3 is 0 Å². The lowest BCUT2D eigenvalue weighted by molar-refractivity contribution is 0.210. The van der Waals surface area contributed by atoms with E-state index in [-0.39, 0.29) is 0 Å². The normalized spacial score (nSPS) is 27.4. The molecule has 0 heteroatoms. The molecule has 1 fully saturated rings. The van der Waals surface area contributed by atoms with E-state index in [9.17, 15) is 0 Å². The van der Waals surface area contributed by atoms with E-state index >= 15 is 0 Å². The van der Waals surface area contributed by atoms with Crippen LogP contribution in [0, 0.1) is 23.7 Å². The fourth-order valence-electron chi connectivity index (χ4n) is 6.35. The van der Waals surface area contributed by atoms with Crippen molar-refractivity contribution in [3.8, 4) is 0 Å². The second-order valence-corrected chi connectivity index (χ2v) is 10.8. The van der Waals surface area contributed by atoms with Crippen LogP contribution in [0.2, 0.25) is 0 Å². The van der Waals surface area contributed by atoms with Gasteiger partial charge in [0.05, 0.1) is 0 Å². The Labute approximate surface area is 201 Å². The zero-order chi connectivity index (χ0) is 22.6. The summed E-state index contributed by atoms with van der Waals surface area (Å²) in [6, 6.07) is 9.56. The SMILES string of the molecule is CCC(C)C1CCC(Cc2ccc(CC3=CC=C(C4=CCCC=C4)C4C=CC=C34)cc2)CC1. The van der Waals surface area contributed by atoms with Crippen molar-refractivity contribution in [3.05, 3.63) is 106 Å². The van der Waals surface area contributed by atoms with Crippen LogP contribution in [0.25, 0.3) is 0 Å². The number of benzene rings is 1. The van der Waals surface area contributed by atoms with Crippen LogP contribution < -0.4 is 0 Å². The highest BCUT2D eigenvalue weighted by Gasteiger charge is 2.27. The maximum absolute atomic E-state index is 2.45. The highest BCUT2D eigenvalue weighted by molar-refractivity contribution is 5.60. The average molecular weight is 437 g/mol. The van der Waals surface area contributed by atoms with Gasteiger partial charge in [0, 0.05) is 5.92 Å². The van der Waals surface area contributed by atoms with E-state index in [1.54, 1.807) is 0 Å². The minimum Gasteiger partial charge on any atom is -0.0836 e.